The summed E-state index contributed by atoms with van der Waals surface area (Å²) in [6.45, 7) is 5.37. The fourth-order valence-electron chi connectivity index (χ4n) is 2.06. The van der Waals surface area contributed by atoms with E-state index in [0.29, 0.717) is 0 Å². The molecule has 7 heteroatoms. The van der Waals surface area contributed by atoms with Crippen LogP contribution in [0.2, 0.25) is 0 Å². The van der Waals surface area contributed by atoms with Crippen LogP contribution in [0.5, 0.6) is 0 Å². The third kappa shape index (κ3) is 2.67. The predicted molar refractivity (Wildman–Crippen MR) is 68.7 cm³/mol. The summed E-state index contributed by atoms with van der Waals surface area (Å²) >= 11 is 0. The summed E-state index contributed by atoms with van der Waals surface area (Å²) in [5.74, 6) is 1.15. The fourth-order valence-corrected chi connectivity index (χ4v) is 2.06. The number of rotatable bonds is 3. The molecule has 1 aliphatic rings. The molecule has 0 spiro atoms. The highest BCUT2D eigenvalue weighted by Gasteiger charge is 2.23. The SMILES string of the molecule is CC(C(N)=NO)N1CCN(c2cnccn2)CC1. The third-order valence-electron chi connectivity index (χ3n) is 3.28. The number of hydrogen-bond donors (Lipinski definition) is 2. The Labute approximate surface area is 106 Å². The number of anilines is 1. The molecule has 0 amide bonds. The molecular formula is C11H18N6O. The van der Waals surface area contributed by atoms with Gasteiger partial charge >= 0.3 is 0 Å². The van der Waals surface area contributed by atoms with Gasteiger partial charge in [0.15, 0.2) is 5.84 Å². The van der Waals surface area contributed by atoms with Crippen molar-refractivity contribution >= 4 is 11.7 Å². The van der Waals surface area contributed by atoms with Crippen LogP contribution in [-0.4, -0.2) is 58.1 Å². The third-order valence-corrected chi connectivity index (χ3v) is 3.28. The van der Waals surface area contributed by atoms with Gasteiger partial charge in [-0.1, -0.05) is 5.16 Å². The van der Waals surface area contributed by atoms with Crippen LogP contribution in [-0.2, 0) is 0 Å². The number of aromatic nitrogens is 2. The molecule has 7 nitrogen and oxygen atoms in total. The Morgan fingerprint density at radius 1 is 1.39 bits per heavy atom. The first-order valence-corrected chi connectivity index (χ1v) is 5.95. The first kappa shape index (κ1) is 12.6. The van der Waals surface area contributed by atoms with Gasteiger partial charge in [0.25, 0.3) is 0 Å². The molecule has 1 aliphatic heterocycles. The van der Waals surface area contributed by atoms with E-state index in [0.717, 1.165) is 32.0 Å². The lowest BCUT2D eigenvalue weighted by atomic mass is 10.2. The normalized spacial score (nSPS) is 19.8. The molecular weight excluding hydrogens is 232 g/mol. The minimum atomic E-state index is -0.0426. The first-order valence-electron chi connectivity index (χ1n) is 5.95. The summed E-state index contributed by atoms with van der Waals surface area (Å²) in [7, 11) is 0. The number of amidine groups is 1. The maximum atomic E-state index is 8.67. The largest absolute Gasteiger partial charge is 0.409 e. The van der Waals surface area contributed by atoms with Gasteiger partial charge in [-0.3, -0.25) is 9.88 Å². The topological polar surface area (TPSA) is 90.9 Å². The van der Waals surface area contributed by atoms with Crippen LogP contribution >= 0.6 is 0 Å². The monoisotopic (exact) mass is 250 g/mol. The van der Waals surface area contributed by atoms with Crippen LogP contribution < -0.4 is 10.6 Å². The summed E-state index contributed by atoms with van der Waals surface area (Å²) in [5.41, 5.74) is 5.62. The molecule has 1 aromatic heterocycles. The van der Waals surface area contributed by atoms with Gasteiger partial charge in [-0.15, -0.1) is 0 Å². The lowest BCUT2D eigenvalue weighted by Crippen LogP contribution is -2.53. The molecule has 1 fully saturated rings. The molecule has 0 aliphatic carbocycles. The van der Waals surface area contributed by atoms with Crippen LogP contribution in [0.4, 0.5) is 5.82 Å². The van der Waals surface area contributed by atoms with Gasteiger partial charge in [0.05, 0.1) is 12.2 Å². The van der Waals surface area contributed by atoms with E-state index in [1.54, 1.807) is 18.6 Å². The van der Waals surface area contributed by atoms with Crippen molar-refractivity contribution in [2.24, 2.45) is 10.9 Å². The quantitative estimate of drug-likeness (QED) is 0.332. The number of oxime groups is 1. The van der Waals surface area contributed by atoms with Gasteiger partial charge in [0, 0.05) is 38.6 Å². The van der Waals surface area contributed by atoms with Gasteiger partial charge in [-0.25, -0.2) is 4.98 Å². The van der Waals surface area contributed by atoms with Gasteiger partial charge in [-0.05, 0) is 6.92 Å². The summed E-state index contributed by atoms with van der Waals surface area (Å²) in [4.78, 5) is 12.7. The Morgan fingerprint density at radius 2 is 2.11 bits per heavy atom. The van der Waals surface area contributed by atoms with Crippen LogP contribution in [0.15, 0.2) is 23.7 Å². The van der Waals surface area contributed by atoms with Crippen LogP contribution in [0.25, 0.3) is 0 Å². The second-order valence-electron chi connectivity index (χ2n) is 4.29. The number of hydrogen-bond acceptors (Lipinski definition) is 6. The lowest BCUT2D eigenvalue weighted by molar-refractivity contribution is 0.230. The highest BCUT2D eigenvalue weighted by molar-refractivity contribution is 5.84. The fraction of sp³-hybridized carbons (Fsp3) is 0.545. The molecule has 1 saturated heterocycles. The second kappa shape index (κ2) is 5.63. The Morgan fingerprint density at radius 3 is 2.67 bits per heavy atom. The zero-order chi connectivity index (χ0) is 13.0. The van der Waals surface area contributed by atoms with E-state index < -0.39 is 0 Å². The first-order chi connectivity index (χ1) is 8.72. The Kier molecular flexibility index (Phi) is 3.93. The van der Waals surface area contributed by atoms with Gasteiger partial charge < -0.3 is 15.8 Å². The van der Waals surface area contributed by atoms with E-state index in [1.807, 2.05) is 6.92 Å². The van der Waals surface area contributed by atoms with E-state index >= 15 is 0 Å². The molecule has 0 saturated carbocycles. The van der Waals surface area contributed by atoms with Crippen molar-refractivity contribution in [1.82, 2.24) is 14.9 Å². The number of piperazine rings is 1. The van der Waals surface area contributed by atoms with Crippen molar-refractivity contribution in [1.29, 1.82) is 0 Å². The van der Waals surface area contributed by atoms with Crippen LogP contribution in [0.1, 0.15) is 6.92 Å². The van der Waals surface area contributed by atoms with E-state index in [1.165, 1.54) is 0 Å². The van der Waals surface area contributed by atoms with Crippen molar-refractivity contribution < 1.29 is 5.21 Å². The Hall–Kier alpha value is -1.89. The smallest absolute Gasteiger partial charge is 0.156 e. The molecule has 3 N–H and O–H groups in total. The average Bonchev–Trinajstić information content (AvgIpc) is 2.47. The van der Waals surface area contributed by atoms with Crippen molar-refractivity contribution in [2.45, 2.75) is 13.0 Å². The van der Waals surface area contributed by atoms with Crippen molar-refractivity contribution in [2.75, 3.05) is 31.1 Å². The molecule has 2 rings (SSSR count). The van der Waals surface area contributed by atoms with Crippen LogP contribution in [0, 0.1) is 0 Å². The predicted octanol–water partition coefficient (Wildman–Crippen LogP) is -0.266. The average molecular weight is 250 g/mol. The minimum absolute atomic E-state index is 0.0426. The summed E-state index contributed by atoms with van der Waals surface area (Å²) < 4.78 is 0. The number of nitrogens with zero attached hydrogens (tertiary/aromatic N) is 5. The highest BCUT2D eigenvalue weighted by Crippen LogP contribution is 2.13. The summed E-state index contributed by atoms with van der Waals surface area (Å²) in [5, 5.41) is 11.7. The van der Waals surface area contributed by atoms with E-state index in [9.17, 15) is 0 Å². The second-order valence-corrected chi connectivity index (χ2v) is 4.29. The Bertz CT molecular complexity index is 401. The maximum absolute atomic E-state index is 8.67. The van der Waals surface area contributed by atoms with E-state index in [-0.39, 0.29) is 11.9 Å². The zero-order valence-electron chi connectivity index (χ0n) is 10.4. The Balaban J connectivity index is 1.92. The summed E-state index contributed by atoms with van der Waals surface area (Å²) in [6, 6.07) is -0.0426. The molecule has 98 valence electrons. The standard InChI is InChI=1S/C11H18N6O/c1-9(11(12)15-18)16-4-6-17(7-5-16)10-8-13-2-3-14-10/h2-3,8-9,18H,4-7H2,1H3,(H2,12,15). The molecule has 1 unspecified atom stereocenters. The molecule has 0 radical (unpaired) electrons. The van der Waals surface area contributed by atoms with Gasteiger partial charge in [0.1, 0.15) is 5.82 Å². The molecule has 0 aromatic carbocycles. The lowest BCUT2D eigenvalue weighted by Gasteiger charge is -2.37. The molecule has 1 atom stereocenters. The molecule has 2 heterocycles. The molecule has 1 aromatic rings. The zero-order valence-corrected chi connectivity index (χ0v) is 10.4. The van der Waals surface area contributed by atoms with Crippen molar-refractivity contribution in [3.8, 4) is 0 Å². The minimum Gasteiger partial charge on any atom is -0.409 e. The van der Waals surface area contributed by atoms with Gasteiger partial charge in [-0.2, -0.15) is 0 Å². The van der Waals surface area contributed by atoms with Crippen LogP contribution in [0.3, 0.4) is 0 Å². The van der Waals surface area contributed by atoms with E-state index in [2.05, 4.69) is 24.9 Å². The van der Waals surface area contributed by atoms with Crippen molar-refractivity contribution in [3.63, 3.8) is 0 Å². The van der Waals surface area contributed by atoms with Gasteiger partial charge in [0.2, 0.25) is 0 Å². The highest BCUT2D eigenvalue weighted by atomic mass is 16.4. The maximum Gasteiger partial charge on any atom is 0.156 e. The molecule has 0 bridgehead atoms. The van der Waals surface area contributed by atoms with Crippen molar-refractivity contribution in [3.05, 3.63) is 18.6 Å². The molecule has 18 heavy (non-hydrogen) atoms. The summed E-state index contributed by atoms with van der Waals surface area (Å²) in [6.07, 6.45) is 5.13. The number of nitrogens with two attached hydrogens (primary N) is 1. The van der Waals surface area contributed by atoms with E-state index in [4.69, 9.17) is 10.9 Å².